The molecule has 1 aromatic rings. The number of benzene rings is 1. The van der Waals surface area contributed by atoms with Crippen LogP contribution in [0.1, 0.15) is 56.3 Å². The lowest BCUT2D eigenvalue weighted by atomic mass is 9.98. The van der Waals surface area contributed by atoms with E-state index in [2.05, 4.69) is 0 Å². The molecular weight excluding hydrogens is 284 g/mol. The minimum absolute atomic E-state index is 0.107. The van der Waals surface area contributed by atoms with Crippen LogP contribution in [0.25, 0.3) is 0 Å². The van der Waals surface area contributed by atoms with E-state index in [0.717, 1.165) is 12.8 Å². The van der Waals surface area contributed by atoms with Crippen LogP contribution in [0.5, 0.6) is 5.75 Å². The molecule has 2 rings (SSSR count). The highest BCUT2D eigenvalue weighted by molar-refractivity contribution is 5.89. The van der Waals surface area contributed by atoms with Crippen molar-refractivity contribution in [2.45, 2.75) is 64.6 Å². The van der Waals surface area contributed by atoms with Crippen molar-refractivity contribution in [3.05, 3.63) is 29.8 Å². The summed E-state index contributed by atoms with van der Waals surface area (Å²) < 4.78 is 16.6. The average molecular weight is 308 g/mol. The Morgan fingerprint density at radius 2 is 1.73 bits per heavy atom. The van der Waals surface area contributed by atoms with Gasteiger partial charge in [-0.3, -0.25) is 0 Å². The van der Waals surface area contributed by atoms with E-state index in [9.17, 15) is 9.90 Å². The molecule has 0 aromatic heterocycles. The number of phenols is 1. The van der Waals surface area contributed by atoms with Crippen LogP contribution in [0.3, 0.4) is 0 Å². The molecule has 5 nitrogen and oxygen atoms in total. The van der Waals surface area contributed by atoms with Gasteiger partial charge in [0.25, 0.3) is 0 Å². The van der Waals surface area contributed by atoms with Crippen molar-refractivity contribution < 1.29 is 24.1 Å². The van der Waals surface area contributed by atoms with E-state index in [-0.39, 0.29) is 11.9 Å². The predicted octanol–water partition coefficient (Wildman–Crippen LogP) is 3.61. The lowest BCUT2D eigenvalue weighted by molar-refractivity contribution is -0.232. The van der Waals surface area contributed by atoms with Crippen LogP contribution in [0.2, 0.25) is 0 Å². The molecule has 1 fully saturated rings. The summed E-state index contributed by atoms with van der Waals surface area (Å²) >= 11 is 0. The van der Waals surface area contributed by atoms with E-state index in [1.54, 1.807) is 6.92 Å². The second-order valence-corrected chi connectivity index (χ2v) is 5.62. The fourth-order valence-electron chi connectivity index (χ4n) is 2.62. The smallest absolute Gasteiger partial charge is 0.340 e. The van der Waals surface area contributed by atoms with Crippen LogP contribution in [-0.4, -0.2) is 29.8 Å². The SMILES string of the molecule is CC(OC(=O)c1ccc(O)cc1)OC(C)OC1CCCCC1. The lowest BCUT2D eigenvalue weighted by Crippen LogP contribution is -2.29. The molecule has 1 saturated carbocycles. The van der Waals surface area contributed by atoms with Gasteiger partial charge in [-0.1, -0.05) is 19.3 Å². The molecule has 2 atom stereocenters. The Balaban J connectivity index is 1.75. The maximum atomic E-state index is 11.9. The molecule has 0 radical (unpaired) electrons. The number of hydrogen-bond donors (Lipinski definition) is 1. The molecule has 0 amide bonds. The number of carbonyl (C=O) groups excluding carboxylic acids is 1. The Kier molecular flexibility index (Phi) is 6.21. The largest absolute Gasteiger partial charge is 0.508 e. The number of ether oxygens (including phenoxy) is 3. The van der Waals surface area contributed by atoms with Crippen LogP contribution in [-0.2, 0) is 14.2 Å². The van der Waals surface area contributed by atoms with Crippen molar-refractivity contribution in [2.75, 3.05) is 0 Å². The van der Waals surface area contributed by atoms with Gasteiger partial charge >= 0.3 is 5.97 Å². The van der Waals surface area contributed by atoms with Gasteiger partial charge in [0.1, 0.15) is 5.75 Å². The highest BCUT2D eigenvalue weighted by atomic mass is 16.8. The maximum absolute atomic E-state index is 11.9. The van der Waals surface area contributed by atoms with Crippen molar-refractivity contribution in [2.24, 2.45) is 0 Å². The number of rotatable bonds is 6. The summed E-state index contributed by atoms with van der Waals surface area (Å²) in [6, 6.07) is 5.90. The zero-order chi connectivity index (χ0) is 15.9. The summed E-state index contributed by atoms with van der Waals surface area (Å²) in [4.78, 5) is 11.9. The van der Waals surface area contributed by atoms with Crippen molar-refractivity contribution >= 4 is 5.97 Å². The molecule has 1 aliphatic rings. The van der Waals surface area contributed by atoms with Gasteiger partial charge in [-0.05, 0) is 51.0 Å². The second-order valence-electron chi connectivity index (χ2n) is 5.62. The van der Waals surface area contributed by atoms with Crippen molar-refractivity contribution in [1.29, 1.82) is 0 Å². The first-order valence-corrected chi connectivity index (χ1v) is 7.85. The number of aromatic hydroxyl groups is 1. The van der Waals surface area contributed by atoms with Crippen LogP contribution in [0.15, 0.2) is 24.3 Å². The van der Waals surface area contributed by atoms with Crippen LogP contribution >= 0.6 is 0 Å². The molecule has 2 unspecified atom stereocenters. The minimum Gasteiger partial charge on any atom is -0.508 e. The molecule has 5 heteroatoms. The molecule has 1 aromatic carbocycles. The highest BCUT2D eigenvalue weighted by Gasteiger charge is 2.20. The first-order valence-electron chi connectivity index (χ1n) is 7.85. The highest BCUT2D eigenvalue weighted by Crippen LogP contribution is 2.22. The Bertz CT molecular complexity index is 464. The van der Waals surface area contributed by atoms with Gasteiger partial charge in [0.15, 0.2) is 6.29 Å². The normalized spacial score (nSPS) is 18.6. The van der Waals surface area contributed by atoms with E-state index in [4.69, 9.17) is 14.2 Å². The Hall–Kier alpha value is -1.59. The van der Waals surface area contributed by atoms with Gasteiger partial charge in [0.2, 0.25) is 6.29 Å². The van der Waals surface area contributed by atoms with E-state index in [1.165, 1.54) is 43.5 Å². The summed E-state index contributed by atoms with van der Waals surface area (Å²) in [7, 11) is 0. The first kappa shape index (κ1) is 16.8. The van der Waals surface area contributed by atoms with E-state index in [0.29, 0.717) is 5.56 Å². The fraction of sp³-hybridized carbons (Fsp3) is 0.588. The lowest BCUT2D eigenvalue weighted by Gasteiger charge is -2.27. The number of phenolic OH excluding ortho intramolecular Hbond substituents is 1. The van der Waals surface area contributed by atoms with Crippen LogP contribution < -0.4 is 0 Å². The molecular formula is C17H24O5. The minimum atomic E-state index is -0.695. The predicted molar refractivity (Wildman–Crippen MR) is 81.5 cm³/mol. The number of esters is 1. The van der Waals surface area contributed by atoms with Crippen molar-refractivity contribution in [1.82, 2.24) is 0 Å². The molecule has 1 N–H and O–H groups in total. The van der Waals surface area contributed by atoms with Gasteiger partial charge < -0.3 is 19.3 Å². The topological polar surface area (TPSA) is 65.0 Å². The standard InChI is InChI=1S/C17H24O5/c1-12(21-16-6-4-3-5-7-16)20-13(2)22-17(19)14-8-10-15(18)11-9-14/h8-13,16,18H,3-7H2,1-2H3. The summed E-state index contributed by atoms with van der Waals surface area (Å²) in [6.45, 7) is 3.48. The third-order valence-corrected chi connectivity index (χ3v) is 3.70. The summed E-state index contributed by atoms with van der Waals surface area (Å²) in [5, 5.41) is 9.20. The number of carbonyl (C=O) groups is 1. The molecule has 0 heterocycles. The van der Waals surface area contributed by atoms with Crippen LogP contribution in [0.4, 0.5) is 0 Å². The van der Waals surface area contributed by atoms with E-state index < -0.39 is 18.5 Å². The number of hydrogen-bond acceptors (Lipinski definition) is 5. The molecule has 0 bridgehead atoms. The monoisotopic (exact) mass is 308 g/mol. The molecule has 22 heavy (non-hydrogen) atoms. The molecule has 0 saturated heterocycles. The van der Waals surface area contributed by atoms with Gasteiger partial charge in [0, 0.05) is 0 Å². The van der Waals surface area contributed by atoms with Crippen molar-refractivity contribution in [3.63, 3.8) is 0 Å². The van der Waals surface area contributed by atoms with E-state index >= 15 is 0 Å². The summed E-state index contributed by atoms with van der Waals surface area (Å²) in [6.07, 6.45) is 4.93. The molecule has 0 aliphatic heterocycles. The van der Waals surface area contributed by atoms with Gasteiger partial charge in [-0.15, -0.1) is 0 Å². The van der Waals surface area contributed by atoms with E-state index in [1.807, 2.05) is 6.92 Å². The Morgan fingerprint density at radius 1 is 1.09 bits per heavy atom. The quantitative estimate of drug-likeness (QED) is 0.642. The van der Waals surface area contributed by atoms with Crippen LogP contribution in [0, 0.1) is 0 Å². The van der Waals surface area contributed by atoms with Gasteiger partial charge in [-0.25, -0.2) is 4.79 Å². The maximum Gasteiger partial charge on any atom is 0.340 e. The first-order chi connectivity index (χ1) is 10.5. The second kappa shape index (κ2) is 8.15. The van der Waals surface area contributed by atoms with Gasteiger partial charge in [0.05, 0.1) is 11.7 Å². The fourth-order valence-corrected chi connectivity index (χ4v) is 2.62. The van der Waals surface area contributed by atoms with Crippen molar-refractivity contribution in [3.8, 4) is 5.75 Å². The third-order valence-electron chi connectivity index (χ3n) is 3.70. The summed E-state index contributed by atoms with van der Waals surface area (Å²) in [5.41, 5.74) is 0.370. The molecule has 122 valence electrons. The average Bonchev–Trinajstić information content (AvgIpc) is 2.48. The third kappa shape index (κ3) is 5.31. The summed E-state index contributed by atoms with van der Waals surface area (Å²) in [5.74, 6) is -0.382. The van der Waals surface area contributed by atoms with Gasteiger partial charge in [-0.2, -0.15) is 0 Å². The molecule has 1 aliphatic carbocycles. The Labute approximate surface area is 131 Å². The zero-order valence-corrected chi connectivity index (χ0v) is 13.2. The zero-order valence-electron chi connectivity index (χ0n) is 13.2. The molecule has 0 spiro atoms. The Morgan fingerprint density at radius 3 is 2.36 bits per heavy atom.